The van der Waals surface area contributed by atoms with E-state index < -0.39 is 0 Å². The summed E-state index contributed by atoms with van der Waals surface area (Å²) in [6, 6.07) is 8.93. The Morgan fingerprint density at radius 2 is 1.75 bits per heavy atom. The highest BCUT2D eigenvalue weighted by Crippen LogP contribution is 2.29. The molecule has 0 aliphatic rings. The summed E-state index contributed by atoms with van der Waals surface area (Å²) in [7, 11) is 0. The first kappa shape index (κ1) is 15.4. The standard InChI is InChI=1S/C15H12BrCl2NO/c1-8-3-4-10(16)6-11(8)15(20)19-14-7-12(17)9(2)5-13(14)18/h3-7H,1-2H3,(H,19,20). The zero-order valence-electron chi connectivity index (χ0n) is 10.9. The molecule has 0 fully saturated rings. The molecule has 2 aromatic carbocycles. The predicted molar refractivity (Wildman–Crippen MR) is 88.0 cm³/mol. The first-order valence-electron chi connectivity index (χ1n) is 5.91. The molecule has 104 valence electrons. The van der Waals surface area contributed by atoms with Gasteiger partial charge in [0, 0.05) is 15.1 Å². The molecule has 0 aliphatic carbocycles. The topological polar surface area (TPSA) is 29.1 Å². The molecule has 0 saturated heterocycles. The van der Waals surface area contributed by atoms with Crippen LogP contribution in [0.1, 0.15) is 21.5 Å². The number of carbonyl (C=O) groups is 1. The van der Waals surface area contributed by atoms with Crippen molar-refractivity contribution in [3.63, 3.8) is 0 Å². The molecule has 0 atom stereocenters. The van der Waals surface area contributed by atoms with E-state index in [9.17, 15) is 4.79 Å². The average molecular weight is 373 g/mol. The van der Waals surface area contributed by atoms with Crippen molar-refractivity contribution < 1.29 is 4.79 Å². The Bertz CT molecular complexity index is 686. The number of rotatable bonds is 2. The van der Waals surface area contributed by atoms with Crippen LogP contribution in [0.15, 0.2) is 34.8 Å². The van der Waals surface area contributed by atoms with Gasteiger partial charge in [0.15, 0.2) is 0 Å². The summed E-state index contributed by atoms with van der Waals surface area (Å²) in [4.78, 5) is 12.3. The molecule has 0 aliphatic heterocycles. The summed E-state index contributed by atoms with van der Waals surface area (Å²) >= 11 is 15.5. The lowest BCUT2D eigenvalue weighted by Crippen LogP contribution is -2.13. The number of hydrogen-bond acceptors (Lipinski definition) is 1. The zero-order valence-corrected chi connectivity index (χ0v) is 14.0. The first-order chi connectivity index (χ1) is 9.38. The van der Waals surface area contributed by atoms with E-state index in [0.29, 0.717) is 21.3 Å². The normalized spacial score (nSPS) is 10.4. The lowest BCUT2D eigenvalue weighted by Gasteiger charge is -2.11. The van der Waals surface area contributed by atoms with Crippen LogP contribution in [0.25, 0.3) is 0 Å². The van der Waals surface area contributed by atoms with Crippen LogP contribution in [0.4, 0.5) is 5.69 Å². The van der Waals surface area contributed by atoms with Gasteiger partial charge in [-0.05, 0) is 49.2 Å². The van der Waals surface area contributed by atoms with E-state index in [-0.39, 0.29) is 5.91 Å². The maximum atomic E-state index is 12.3. The van der Waals surface area contributed by atoms with Crippen molar-refractivity contribution in [3.8, 4) is 0 Å². The Labute approximate surface area is 136 Å². The van der Waals surface area contributed by atoms with E-state index in [1.807, 2.05) is 26.0 Å². The second-order valence-corrected chi connectivity index (χ2v) is 6.22. The molecule has 2 nitrogen and oxygen atoms in total. The first-order valence-corrected chi connectivity index (χ1v) is 7.46. The molecule has 0 unspecified atom stereocenters. The molecular weight excluding hydrogens is 361 g/mol. The number of anilines is 1. The van der Waals surface area contributed by atoms with Gasteiger partial charge in [0.25, 0.3) is 5.91 Å². The zero-order chi connectivity index (χ0) is 14.9. The second-order valence-electron chi connectivity index (χ2n) is 4.49. The molecule has 1 amide bonds. The smallest absolute Gasteiger partial charge is 0.256 e. The van der Waals surface area contributed by atoms with Gasteiger partial charge in [0.2, 0.25) is 0 Å². The number of carbonyl (C=O) groups excluding carboxylic acids is 1. The third-order valence-corrected chi connectivity index (χ3v) is 4.15. The van der Waals surface area contributed by atoms with Crippen molar-refractivity contribution in [2.45, 2.75) is 13.8 Å². The van der Waals surface area contributed by atoms with Gasteiger partial charge in [-0.15, -0.1) is 0 Å². The lowest BCUT2D eigenvalue weighted by molar-refractivity contribution is 0.102. The summed E-state index contributed by atoms with van der Waals surface area (Å²) in [5.41, 5.74) is 2.85. The molecule has 0 heterocycles. The van der Waals surface area contributed by atoms with Crippen LogP contribution in [0, 0.1) is 13.8 Å². The Kier molecular flexibility index (Phi) is 4.74. The Morgan fingerprint density at radius 3 is 2.45 bits per heavy atom. The fourth-order valence-corrected chi connectivity index (χ4v) is 2.56. The van der Waals surface area contributed by atoms with E-state index in [0.717, 1.165) is 15.6 Å². The second kappa shape index (κ2) is 6.17. The molecule has 20 heavy (non-hydrogen) atoms. The van der Waals surface area contributed by atoms with Gasteiger partial charge in [-0.25, -0.2) is 0 Å². The maximum Gasteiger partial charge on any atom is 0.256 e. The van der Waals surface area contributed by atoms with Crippen LogP contribution in [0.5, 0.6) is 0 Å². The van der Waals surface area contributed by atoms with Crippen molar-refractivity contribution in [1.29, 1.82) is 0 Å². The van der Waals surface area contributed by atoms with Crippen molar-refractivity contribution in [2.75, 3.05) is 5.32 Å². The summed E-state index contributed by atoms with van der Waals surface area (Å²) in [5.74, 6) is -0.217. The van der Waals surface area contributed by atoms with Crippen LogP contribution in [-0.4, -0.2) is 5.91 Å². The van der Waals surface area contributed by atoms with Gasteiger partial charge < -0.3 is 5.32 Å². The third-order valence-electron chi connectivity index (χ3n) is 2.94. The van der Waals surface area contributed by atoms with Crippen molar-refractivity contribution in [2.24, 2.45) is 0 Å². The number of nitrogens with one attached hydrogen (secondary N) is 1. The minimum absolute atomic E-state index is 0.217. The fraction of sp³-hybridized carbons (Fsp3) is 0.133. The average Bonchev–Trinajstić information content (AvgIpc) is 2.38. The Hall–Kier alpha value is -1.03. The lowest BCUT2D eigenvalue weighted by atomic mass is 10.1. The largest absolute Gasteiger partial charge is 0.321 e. The molecule has 1 N–H and O–H groups in total. The fourth-order valence-electron chi connectivity index (χ4n) is 1.77. The van der Waals surface area contributed by atoms with E-state index in [4.69, 9.17) is 23.2 Å². The Balaban J connectivity index is 2.32. The number of aryl methyl sites for hydroxylation is 2. The van der Waals surface area contributed by atoms with Crippen molar-refractivity contribution >= 4 is 50.7 Å². The Morgan fingerprint density at radius 1 is 1.05 bits per heavy atom. The van der Waals surface area contributed by atoms with Gasteiger partial charge in [0.1, 0.15) is 0 Å². The molecular formula is C15H12BrCl2NO. The number of halogens is 3. The molecule has 0 saturated carbocycles. The summed E-state index contributed by atoms with van der Waals surface area (Å²) in [6.45, 7) is 3.74. The minimum Gasteiger partial charge on any atom is -0.321 e. The molecule has 0 spiro atoms. The highest BCUT2D eigenvalue weighted by Gasteiger charge is 2.12. The molecule has 2 aromatic rings. The summed E-state index contributed by atoms with van der Waals surface area (Å²) in [6.07, 6.45) is 0. The molecule has 0 radical (unpaired) electrons. The van der Waals surface area contributed by atoms with Gasteiger partial charge in [-0.2, -0.15) is 0 Å². The molecule has 0 aromatic heterocycles. The van der Waals surface area contributed by atoms with Crippen molar-refractivity contribution in [1.82, 2.24) is 0 Å². The molecule has 5 heteroatoms. The quantitative estimate of drug-likeness (QED) is 0.727. The van der Waals surface area contributed by atoms with Crippen LogP contribution < -0.4 is 5.32 Å². The number of amides is 1. The minimum atomic E-state index is -0.217. The maximum absolute atomic E-state index is 12.3. The predicted octanol–water partition coefficient (Wildman–Crippen LogP) is 5.63. The van der Waals surface area contributed by atoms with Crippen LogP contribution in [0.3, 0.4) is 0 Å². The van der Waals surface area contributed by atoms with E-state index in [2.05, 4.69) is 21.2 Å². The summed E-state index contributed by atoms with van der Waals surface area (Å²) in [5, 5.41) is 3.82. The van der Waals surface area contributed by atoms with Crippen LogP contribution >= 0.6 is 39.1 Å². The summed E-state index contributed by atoms with van der Waals surface area (Å²) < 4.78 is 0.848. The van der Waals surface area contributed by atoms with Crippen LogP contribution in [-0.2, 0) is 0 Å². The molecule has 0 bridgehead atoms. The van der Waals surface area contributed by atoms with Gasteiger partial charge in [-0.1, -0.05) is 45.2 Å². The number of benzene rings is 2. The SMILES string of the molecule is Cc1cc(Cl)c(NC(=O)c2cc(Br)ccc2C)cc1Cl. The van der Waals surface area contributed by atoms with Crippen molar-refractivity contribution in [3.05, 3.63) is 61.5 Å². The van der Waals surface area contributed by atoms with E-state index in [1.54, 1.807) is 18.2 Å². The van der Waals surface area contributed by atoms with E-state index in [1.165, 1.54) is 0 Å². The monoisotopic (exact) mass is 371 g/mol. The molecule has 2 rings (SSSR count). The highest BCUT2D eigenvalue weighted by atomic mass is 79.9. The number of hydrogen-bond donors (Lipinski definition) is 1. The third kappa shape index (κ3) is 3.35. The van der Waals surface area contributed by atoms with Gasteiger partial charge >= 0.3 is 0 Å². The van der Waals surface area contributed by atoms with E-state index >= 15 is 0 Å². The van der Waals surface area contributed by atoms with Crippen LogP contribution in [0.2, 0.25) is 10.0 Å². The highest BCUT2D eigenvalue weighted by molar-refractivity contribution is 9.10. The van der Waals surface area contributed by atoms with Gasteiger partial charge in [-0.3, -0.25) is 4.79 Å². The van der Waals surface area contributed by atoms with Gasteiger partial charge in [0.05, 0.1) is 10.7 Å².